The van der Waals surface area contributed by atoms with Gasteiger partial charge in [0.15, 0.2) is 0 Å². The van der Waals surface area contributed by atoms with Crippen molar-refractivity contribution in [2.24, 2.45) is 0 Å². The van der Waals surface area contributed by atoms with Gasteiger partial charge in [-0.15, -0.1) is 0 Å². The van der Waals surface area contributed by atoms with Gasteiger partial charge in [0.05, 0.1) is 16.7 Å². The van der Waals surface area contributed by atoms with Gasteiger partial charge in [0, 0.05) is 13.2 Å². The number of hydrogen-bond acceptors (Lipinski definition) is 4. The van der Waals surface area contributed by atoms with E-state index >= 15 is 0 Å². The van der Waals surface area contributed by atoms with Crippen LogP contribution in [0.3, 0.4) is 0 Å². The Balaban J connectivity index is 2.13. The average Bonchev–Trinajstić information content (AvgIpc) is 2.67. The molecule has 0 aromatic heterocycles. The van der Waals surface area contributed by atoms with Gasteiger partial charge >= 0.3 is 0 Å². The van der Waals surface area contributed by atoms with Crippen molar-refractivity contribution in [1.29, 1.82) is 0 Å². The molecular weight excluding hydrogens is 376 g/mol. The maximum absolute atomic E-state index is 13.1. The molecule has 0 saturated heterocycles. The number of carbonyl (C=O) groups is 1. The van der Waals surface area contributed by atoms with E-state index in [4.69, 9.17) is 4.74 Å². The highest BCUT2D eigenvalue weighted by Gasteiger charge is 2.26. The Labute approximate surface area is 167 Å². The lowest BCUT2D eigenvalue weighted by Gasteiger charge is -2.24. The predicted octanol–water partition coefficient (Wildman–Crippen LogP) is 3.12. The first kappa shape index (κ1) is 21.9. The summed E-state index contributed by atoms with van der Waals surface area (Å²) in [5.74, 6) is -0.357. The van der Waals surface area contributed by atoms with Crippen LogP contribution in [-0.2, 0) is 19.6 Å². The number of anilines is 1. The first-order valence-corrected chi connectivity index (χ1v) is 10.8. The van der Waals surface area contributed by atoms with Crippen LogP contribution in [0, 0.1) is 6.92 Å². The number of ether oxygens (including phenoxy) is 1. The smallest absolute Gasteiger partial charge is 0.264 e. The highest BCUT2D eigenvalue weighted by Crippen LogP contribution is 2.23. The maximum atomic E-state index is 13.1. The second-order valence-corrected chi connectivity index (χ2v) is 8.65. The normalized spacial score (nSPS) is 11.4. The van der Waals surface area contributed by atoms with Gasteiger partial charge in [-0.25, -0.2) is 8.42 Å². The fourth-order valence-corrected chi connectivity index (χ4v) is 3.99. The van der Waals surface area contributed by atoms with Gasteiger partial charge in [0.25, 0.3) is 10.0 Å². The van der Waals surface area contributed by atoms with Gasteiger partial charge in [0.1, 0.15) is 6.54 Å². The van der Waals surface area contributed by atoms with Crippen LogP contribution >= 0.6 is 0 Å². The van der Waals surface area contributed by atoms with Crippen LogP contribution in [0.4, 0.5) is 5.69 Å². The molecule has 0 bridgehead atoms. The van der Waals surface area contributed by atoms with Crippen LogP contribution in [0.2, 0.25) is 0 Å². The van der Waals surface area contributed by atoms with Crippen LogP contribution in [0.25, 0.3) is 0 Å². The quantitative estimate of drug-likeness (QED) is 0.618. The molecule has 2 rings (SSSR count). The fraction of sp³-hybridized carbons (Fsp3) is 0.381. The molecule has 0 spiro atoms. The minimum atomic E-state index is -3.86. The Hall–Kier alpha value is -2.38. The molecule has 1 N–H and O–H groups in total. The average molecular weight is 405 g/mol. The number of rotatable bonds is 10. The zero-order chi connectivity index (χ0) is 20.6. The van der Waals surface area contributed by atoms with E-state index in [0.717, 1.165) is 9.87 Å². The van der Waals surface area contributed by atoms with Crippen molar-refractivity contribution in [3.8, 4) is 0 Å². The number of nitrogens with one attached hydrogen (secondary N) is 1. The van der Waals surface area contributed by atoms with E-state index in [9.17, 15) is 13.2 Å². The van der Waals surface area contributed by atoms with Crippen LogP contribution < -0.4 is 9.62 Å². The molecule has 0 fully saturated rings. The van der Waals surface area contributed by atoms with Crippen molar-refractivity contribution >= 4 is 21.6 Å². The molecule has 0 aliphatic carbocycles. The van der Waals surface area contributed by atoms with E-state index in [0.29, 0.717) is 25.3 Å². The molecule has 2 aromatic rings. The van der Waals surface area contributed by atoms with E-state index in [1.165, 1.54) is 12.1 Å². The summed E-state index contributed by atoms with van der Waals surface area (Å²) in [6, 6.07) is 15.2. The summed E-state index contributed by atoms with van der Waals surface area (Å²) in [7, 11) is -3.86. The number of sulfonamides is 1. The number of hydrogen-bond donors (Lipinski definition) is 1. The van der Waals surface area contributed by atoms with Crippen molar-refractivity contribution in [2.75, 3.05) is 24.0 Å². The highest BCUT2D eigenvalue weighted by atomic mass is 32.2. The first-order chi connectivity index (χ1) is 13.3. The Morgan fingerprint density at radius 2 is 1.71 bits per heavy atom. The van der Waals surface area contributed by atoms with Crippen LogP contribution in [0.15, 0.2) is 59.5 Å². The lowest BCUT2D eigenvalue weighted by Crippen LogP contribution is -2.41. The molecule has 152 valence electrons. The Bertz CT molecular complexity index is 850. The van der Waals surface area contributed by atoms with Crippen LogP contribution in [0.5, 0.6) is 0 Å². The van der Waals surface area contributed by atoms with Gasteiger partial charge in [-0.05, 0) is 51.5 Å². The second kappa shape index (κ2) is 10.2. The van der Waals surface area contributed by atoms with E-state index in [2.05, 4.69) is 5.32 Å². The number of aryl methyl sites for hydroxylation is 1. The zero-order valence-electron chi connectivity index (χ0n) is 16.6. The number of nitrogens with zero attached hydrogens (tertiary/aromatic N) is 1. The van der Waals surface area contributed by atoms with E-state index in [1.54, 1.807) is 30.3 Å². The lowest BCUT2D eigenvalue weighted by atomic mass is 10.2. The number of benzene rings is 2. The minimum absolute atomic E-state index is 0.142. The first-order valence-electron chi connectivity index (χ1n) is 9.33. The monoisotopic (exact) mass is 404 g/mol. The summed E-state index contributed by atoms with van der Waals surface area (Å²) >= 11 is 0. The lowest BCUT2D eigenvalue weighted by molar-refractivity contribution is -0.119. The third-order valence-electron chi connectivity index (χ3n) is 4.03. The molecule has 6 nitrogen and oxygen atoms in total. The summed E-state index contributed by atoms with van der Waals surface area (Å²) in [4.78, 5) is 12.6. The third-order valence-corrected chi connectivity index (χ3v) is 5.82. The third kappa shape index (κ3) is 6.35. The minimum Gasteiger partial charge on any atom is -0.379 e. The Morgan fingerprint density at radius 1 is 1.07 bits per heavy atom. The zero-order valence-corrected chi connectivity index (χ0v) is 17.4. The van der Waals surface area contributed by atoms with Gasteiger partial charge in [-0.2, -0.15) is 0 Å². The molecule has 7 heteroatoms. The largest absolute Gasteiger partial charge is 0.379 e. The molecule has 0 heterocycles. The summed E-state index contributed by atoms with van der Waals surface area (Å²) in [5.41, 5.74) is 1.46. The van der Waals surface area contributed by atoms with Crippen molar-refractivity contribution in [3.05, 3.63) is 60.2 Å². The van der Waals surface area contributed by atoms with Crippen molar-refractivity contribution in [1.82, 2.24) is 5.32 Å². The van der Waals surface area contributed by atoms with Crippen molar-refractivity contribution in [2.45, 2.75) is 38.2 Å². The second-order valence-electron chi connectivity index (χ2n) is 6.78. The summed E-state index contributed by atoms with van der Waals surface area (Å²) in [5, 5.41) is 2.77. The molecule has 0 aliphatic heterocycles. The molecule has 0 saturated carbocycles. The highest BCUT2D eigenvalue weighted by molar-refractivity contribution is 7.92. The van der Waals surface area contributed by atoms with Crippen molar-refractivity contribution in [3.63, 3.8) is 0 Å². The van der Waals surface area contributed by atoms with E-state index in [-0.39, 0.29) is 23.5 Å². The molecule has 0 radical (unpaired) electrons. The molecule has 0 aliphatic rings. The molecule has 2 aromatic carbocycles. The summed E-state index contributed by atoms with van der Waals surface area (Å²) < 4.78 is 32.8. The molecule has 0 unspecified atom stereocenters. The summed E-state index contributed by atoms with van der Waals surface area (Å²) in [6.07, 6.45) is 0.809. The van der Waals surface area contributed by atoms with Crippen LogP contribution in [0.1, 0.15) is 25.8 Å². The van der Waals surface area contributed by atoms with Gasteiger partial charge in [0.2, 0.25) is 5.91 Å². The fourth-order valence-electron chi connectivity index (χ4n) is 2.55. The molecule has 28 heavy (non-hydrogen) atoms. The topological polar surface area (TPSA) is 75.7 Å². The molecule has 1 amide bonds. The standard InChI is InChI=1S/C21H28N2O4S/c1-17(2)27-15-7-14-22-21(24)16-23(19-12-10-18(3)11-13-19)28(25,26)20-8-5-4-6-9-20/h4-6,8-13,17H,7,14-16H2,1-3H3,(H,22,24). The van der Waals surface area contributed by atoms with E-state index < -0.39 is 10.0 Å². The maximum Gasteiger partial charge on any atom is 0.264 e. The number of carbonyl (C=O) groups excluding carboxylic acids is 1. The SMILES string of the molecule is Cc1ccc(N(CC(=O)NCCCOC(C)C)S(=O)(=O)c2ccccc2)cc1. The predicted molar refractivity (Wildman–Crippen MR) is 111 cm³/mol. The molecule has 0 atom stereocenters. The van der Waals surface area contributed by atoms with Gasteiger partial charge in [-0.1, -0.05) is 35.9 Å². The van der Waals surface area contributed by atoms with E-state index in [1.807, 2.05) is 32.9 Å². The summed E-state index contributed by atoms with van der Waals surface area (Å²) in [6.45, 7) is 6.51. The van der Waals surface area contributed by atoms with Crippen molar-refractivity contribution < 1.29 is 17.9 Å². The number of amides is 1. The Morgan fingerprint density at radius 3 is 2.32 bits per heavy atom. The van der Waals surface area contributed by atoms with Crippen LogP contribution in [-0.4, -0.2) is 40.1 Å². The van der Waals surface area contributed by atoms with Gasteiger partial charge in [-0.3, -0.25) is 9.10 Å². The molecular formula is C21H28N2O4S. The Kier molecular flexibility index (Phi) is 8.02. The van der Waals surface area contributed by atoms with Gasteiger partial charge < -0.3 is 10.1 Å².